The maximum atomic E-state index is 13.4. The maximum absolute atomic E-state index is 13.4. The smallest absolute Gasteiger partial charge is 0.410 e. The molecule has 1 saturated heterocycles. The highest BCUT2D eigenvalue weighted by Crippen LogP contribution is 2.45. The van der Waals surface area contributed by atoms with E-state index in [0.29, 0.717) is 12.6 Å². The molecule has 2 unspecified atom stereocenters. The molecule has 172 valence electrons. The van der Waals surface area contributed by atoms with Gasteiger partial charge in [-0.05, 0) is 66.7 Å². The van der Waals surface area contributed by atoms with E-state index in [2.05, 4.69) is 59.5 Å². The molecule has 3 heteroatoms. The Morgan fingerprint density at radius 3 is 2.15 bits per heavy atom. The maximum Gasteiger partial charge on any atom is 0.410 e. The van der Waals surface area contributed by atoms with Crippen LogP contribution in [0.15, 0.2) is 60.2 Å². The highest BCUT2D eigenvalue weighted by molar-refractivity contribution is 5.79. The SMILES string of the molecule is O=C(OCC1c2ccccc2-c2ccccc21)N1C2C=C(C3CCCCCC3)CC1CCC2. The normalized spacial score (nSPS) is 25.1. The first-order valence-corrected chi connectivity index (χ1v) is 13.1. The van der Waals surface area contributed by atoms with Crippen LogP contribution in [0.2, 0.25) is 0 Å². The summed E-state index contributed by atoms with van der Waals surface area (Å²) in [7, 11) is 0. The second kappa shape index (κ2) is 9.00. The van der Waals surface area contributed by atoms with E-state index >= 15 is 0 Å². The number of amides is 1. The fourth-order valence-electron chi connectivity index (χ4n) is 6.97. The lowest BCUT2D eigenvalue weighted by Crippen LogP contribution is -2.52. The van der Waals surface area contributed by atoms with Crippen LogP contribution in [0, 0.1) is 5.92 Å². The second-order valence-corrected chi connectivity index (χ2v) is 10.5. The van der Waals surface area contributed by atoms with Gasteiger partial charge in [-0.1, -0.05) is 85.9 Å². The van der Waals surface area contributed by atoms with Crippen molar-refractivity contribution < 1.29 is 9.53 Å². The van der Waals surface area contributed by atoms with Gasteiger partial charge in [0.25, 0.3) is 0 Å². The van der Waals surface area contributed by atoms with Crippen molar-refractivity contribution in [3.63, 3.8) is 0 Å². The predicted molar refractivity (Wildman–Crippen MR) is 132 cm³/mol. The minimum absolute atomic E-state index is 0.109. The van der Waals surface area contributed by atoms with Crippen molar-refractivity contribution in [2.45, 2.75) is 82.2 Å². The summed E-state index contributed by atoms with van der Waals surface area (Å²) in [6.07, 6.45) is 15.0. The topological polar surface area (TPSA) is 29.5 Å². The zero-order valence-electron chi connectivity index (χ0n) is 19.5. The van der Waals surface area contributed by atoms with Crippen LogP contribution < -0.4 is 0 Å². The van der Waals surface area contributed by atoms with Crippen LogP contribution in [-0.4, -0.2) is 29.7 Å². The number of hydrogen-bond acceptors (Lipinski definition) is 2. The van der Waals surface area contributed by atoms with Gasteiger partial charge in [0.05, 0.1) is 6.04 Å². The minimum atomic E-state index is -0.109. The highest BCUT2D eigenvalue weighted by atomic mass is 16.6. The van der Waals surface area contributed by atoms with Crippen LogP contribution >= 0.6 is 0 Å². The average molecular weight is 442 g/mol. The first kappa shape index (κ1) is 21.0. The van der Waals surface area contributed by atoms with Crippen molar-refractivity contribution in [1.82, 2.24) is 4.90 Å². The molecule has 6 rings (SSSR count). The molecule has 4 aliphatic rings. The fourth-order valence-corrected chi connectivity index (χ4v) is 6.97. The summed E-state index contributed by atoms with van der Waals surface area (Å²) in [5.41, 5.74) is 6.76. The Hall–Kier alpha value is -2.55. The lowest BCUT2D eigenvalue weighted by atomic mass is 9.78. The van der Waals surface area contributed by atoms with Gasteiger partial charge in [-0.2, -0.15) is 0 Å². The van der Waals surface area contributed by atoms with Crippen LogP contribution in [0.4, 0.5) is 4.79 Å². The molecule has 2 aliphatic carbocycles. The summed E-state index contributed by atoms with van der Waals surface area (Å²) in [5.74, 6) is 0.878. The van der Waals surface area contributed by atoms with Crippen molar-refractivity contribution in [1.29, 1.82) is 0 Å². The number of nitrogens with zero attached hydrogens (tertiary/aromatic N) is 1. The Labute approximate surface area is 197 Å². The van der Waals surface area contributed by atoms with Crippen LogP contribution in [0.3, 0.4) is 0 Å². The Morgan fingerprint density at radius 1 is 0.818 bits per heavy atom. The van der Waals surface area contributed by atoms with E-state index in [0.717, 1.165) is 25.2 Å². The summed E-state index contributed by atoms with van der Waals surface area (Å²) in [6.45, 7) is 0.419. The van der Waals surface area contributed by atoms with Crippen molar-refractivity contribution in [3.8, 4) is 11.1 Å². The molecule has 2 aliphatic heterocycles. The van der Waals surface area contributed by atoms with Gasteiger partial charge < -0.3 is 4.74 Å². The lowest BCUT2D eigenvalue weighted by Gasteiger charge is -2.45. The number of fused-ring (bicyclic) bond motifs is 5. The molecule has 1 amide bonds. The number of carbonyl (C=O) groups excluding carboxylic acids is 1. The number of hydrogen-bond donors (Lipinski definition) is 0. The zero-order chi connectivity index (χ0) is 22.2. The van der Waals surface area contributed by atoms with E-state index < -0.39 is 0 Å². The van der Waals surface area contributed by atoms with Crippen LogP contribution in [0.5, 0.6) is 0 Å². The van der Waals surface area contributed by atoms with Gasteiger partial charge in [-0.25, -0.2) is 4.79 Å². The third kappa shape index (κ3) is 3.90. The molecule has 2 heterocycles. The van der Waals surface area contributed by atoms with Crippen molar-refractivity contribution in [3.05, 3.63) is 71.3 Å². The molecule has 2 aromatic rings. The number of rotatable bonds is 3. The van der Waals surface area contributed by atoms with Crippen LogP contribution in [-0.2, 0) is 4.74 Å². The Morgan fingerprint density at radius 2 is 1.48 bits per heavy atom. The summed E-state index contributed by atoms with van der Waals surface area (Å²) in [5, 5.41) is 0. The first-order chi connectivity index (χ1) is 16.3. The van der Waals surface area contributed by atoms with Crippen molar-refractivity contribution in [2.75, 3.05) is 6.61 Å². The predicted octanol–water partition coefficient (Wildman–Crippen LogP) is 7.46. The number of ether oxygens (including phenoxy) is 1. The van der Waals surface area contributed by atoms with Crippen LogP contribution in [0.1, 0.15) is 81.3 Å². The standard InChI is InChI=1S/C30H35NO2/c32-30(33-20-29-27-16-7-5-14-25(27)26-15-6-8-17-28(26)29)31-23-12-9-13-24(31)19-22(18-23)21-10-3-1-2-4-11-21/h5-8,14-18,21,23-24,29H,1-4,9-13,19-20H2. The highest BCUT2D eigenvalue weighted by Gasteiger charge is 2.40. The summed E-state index contributed by atoms with van der Waals surface area (Å²) < 4.78 is 6.07. The minimum Gasteiger partial charge on any atom is -0.448 e. The number of benzene rings is 2. The monoisotopic (exact) mass is 441 g/mol. The molecule has 2 fully saturated rings. The van der Waals surface area contributed by atoms with Crippen LogP contribution in [0.25, 0.3) is 11.1 Å². The van der Waals surface area contributed by atoms with Gasteiger partial charge in [0, 0.05) is 12.0 Å². The van der Waals surface area contributed by atoms with Gasteiger partial charge >= 0.3 is 6.09 Å². The van der Waals surface area contributed by atoms with Crippen molar-refractivity contribution >= 4 is 6.09 Å². The molecule has 0 aromatic heterocycles. The average Bonchev–Trinajstić information content (AvgIpc) is 2.98. The molecule has 2 atom stereocenters. The van der Waals surface area contributed by atoms with Gasteiger partial charge in [-0.3, -0.25) is 4.90 Å². The molecular formula is C30H35NO2. The van der Waals surface area contributed by atoms with Crippen molar-refractivity contribution in [2.24, 2.45) is 5.92 Å². The fraction of sp³-hybridized carbons (Fsp3) is 0.500. The molecule has 1 saturated carbocycles. The van der Waals surface area contributed by atoms with E-state index in [4.69, 9.17) is 4.74 Å². The van der Waals surface area contributed by atoms with E-state index in [1.165, 1.54) is 67.2 Å². The van der Waals surface area contributed by atoms with E-state index in [1.807, 2.05) is 0 Å². The Bertz CT molecular complexity index is 1000. The Kier molecular flexibility index (Phi) is 5.73. The second-order valence-electron chi connectivity index (χ2n) is 10.5. The first-order valence-electron chi connectivity index (χ1n) is 13.1. The molecular weight excluding hydrogens is 406 g/mol. The molecule has 0 radical (unpaired) electrons. The molecule has 0 N–H and O–H groups in total. The van der Waals surface area contributed by atoms with E-state index in [9.17, 15) is 4.79 Å². The van der Waals surface area contributed by atoms with Gasteiger partial charge in [0.1, 0.15) is 6.61 Å². The third-order valence-electron chi connectivity index (χ3n) is 8.59. The third-order valence-corrected chi connectivity index (χ3v) is 8.59. The summed E-state index contributed by atoms with van der Waals surface area (Å²) in [6, 6.07) is 17.7. The molecule has 3 nitrogen and oxygen atoms in total. The number of carbonyl (C=O) groups is 1. The lowest BCUT2D eigenvalue weighted by molar-refractivity contribution is 0.0496. The van der Waals surface area contributed by atoms with E-state index in [-0.39, 0.29) is 18.1 Å². The van der Waals surface area contributed by atoms with Gasteiger partial charge in [-0.15, -0.1) is 0 Å². The quantitative estimate of drug-likeness (QED) is 0.365. The summed E-state index contributed by atoms with van der Waals surface area (Å²) >= 11 is 0. The van der Waals surface area contributed by atoms with E-state index in [1.54, 1.807) is 5.57 Å². The zero-order valence-corrected chi connectivity index (χ0v) is 19.5. The Balaban J connectivity index is 1.18. The van der Waals surface area contributed by atoms with Gasteiger partial charge in [0.2, 0.25) is 0 Å². The summed E-state index contributed by atoms with van der Waals surface area (Å²) in [4.78, 5) is 15.5. The molecule has 2 aromatic carbocycles. The molecule has 0 spiro atoms. The molecule has 2 bridgehead atoms. The molecule has 33 heavy (non-hydrogen) atoms. The van der Waals surface area contributed by atoms with Gasteiger partial charge in [0.15, 0.2) is 0 Å². The number of piperidine rings is 1. The largest absolute Gasteiger partial charge is 0.448 e.